The summed E-state index contributed by atoms with van der Waals surface area (Å²) in [6.45, 7) is 1.72. The zero-order chi connectivity index (χ0) is 21.6. The van der Waals surface area contributed by atoms with E-state index < -0.39 is 11.1 Å². The molecule has 1 amide bonds. The molecule has 31 heavy (non-hydrogen) atoms. The molecule has 0 aliphatic carbocycles. The highest BCUT2D eigenvalue weighted by molar-refractivity contribution is 8.00. The minimum atomic E-state index is -0.505. The molecule has 0 radical (unpaired) electrons. The first-order valence-corrected chi connectivity index (χ1v) is 10.4. The van der Waals surface area contributed by atoms with E-state index in [1.165, 1.54) is 6.07 Å². The molecule has 0 bridgehead atoms. The van der Waals surface area contributed by atoms with E-state index in [-0.39, 0.29) is 22.6 Å². The van der Waals surface area contributed by atoms with Crippen LogP contribution in [0.3, 0.4) is 0 Å². The summed E-state index contributed by atoms with van der Waals surface area (Å²) in [7, 11) is 0. The van der Waals surface area contributed by atoms with Crippen molar-refractivity contribution in [2.45, 2.75) is 17.4 Å². The number of rotatable bonds is 7. The second-order valence-electron chi connectivity index (χ2n) is 6.54. The van der Waals surface area contributed by atoms with Crippen LogP contribution in [-0.4, -0.2) is 21.4 Å². The molecule has 4 rings (SSSR count). The van der Waals surface area contributed by atoms with Crippen LogP contribution in [0.4, 0.5) is 10.1 Å². The highest BCUT2D eigenvalue weighted by atomic mass is 32.2. The number of nitrogens with one attached hydrogen (secondary N) is 1. The van der Waals surface area contributed by atoms with Crippen LogP contribution in [0, 0.1) is 5.82 Å². The van der Waals surface area contributed by atoms with Crippen LogP contribution in [0.5, 0.6) is 11.5 Å². The Balaban J connectivity index is 1.34. The Kier molecular flexibility index (Phi) is 6.28. The van der Waals surface area contributed by atoms with E-state index in [0.29, 0.717) is 11.4 Å². The van der Waals surface area contributed by atoms with Crippen LogP contribution in [0.2, 0.25) is 0 Å². The highest BCUT2D eigenvalue weighted by Crippen LogP contribution is 2.28. The van der Waals surface area contributed by atoms with Gasteiger partial charge in [0.05, 0.1) is 10.8 Å². The summed E-state index contributed by atoms with van der Waals surface area (Å²) < 4.78 is 25.1. The molecule has 0 fully saturated rings. The summed E-state index contributed by atoms with van der Waals surface area (Å²) in [4.78, 5) is 12.5. The van der Waals surface area contributed by atoms with Gasteiger partial charge in [-0.15, -0.1) is 10.2 Å². The molecule has 4 aromatic rings. The molecule has 8 heteroatoms. The largest absolute Gasteiger partial charge is 0.457 e. The maximum Gasteiger partial charge on any atom is 0.277 e. The van der Waals surface area contributed by atoms with E-state index in [4.69, 9.17) is 9.15 Å². The van der Waals surface area contributed by atoms with Crippen LogP contribution in [-0.2, 0) is 4.79 Å². The van der Waals surface area contributed by atoms with Gasteiger partial charge in [-0.1, -0.05) is 42.1 Å². The number of carbonyl (C=O) groups excluding carboxylic acids is 1. The summed E-state index contributed by atoms with van der Waals surface area (Å²) in [5.74, 6) is 0.791. The average Bonchev–Trinajstić information content (AvgIpc) is 3.24. The number of carbonyl (C=O) groups is 1. The maximum absolute atomic E-state index is 13.9. The van der Waals surface area contributed by atoms with Crippen LogP contribution in [0.15, 0.2) is 88.5 Å². The number of thioether (sulfide) groups is 1. The Morgan fingerprint density at radius 1 is 0.968 bits per heavy atom. The molecule has 3 aromatic carbocycles. The first kappa shape index (κ1) is 20.6. The molecule has 6 nitrogen and oxygen atoms in total. The van der Waals surface area contributed by atoms with Gasteiger partial charge in [-0.05, 0) is 55.5 Å². The van der Waals surface area contributed by atoms with Crippen molar-refractivity contribution in [2.24, 2.45) is 0 Å². The quantitative estimate of drug-likeness (QED) is 0.371. The van der Waals surface area contributed by atoms with Gasteiger partial charge in [0.15, 0.2) is 0 Å². The Bertz CT molecular complexity index is 1170. The number of halogens is 1. The molecule has 0 saturated carbocycles. The molecule has 0 unspecified atom stereocenters. The molecule has 1 aromatic heterocycles. The lowest BCUT2D eigenvalue weighted by molar-refractivity contribution is -0.115. The number of para-hydroxylation sites is 1. The fourth-order valence-corrected chi connectivity index (χ4v) is 3.36. The monoisotopic (exact) mass is 435 g/mol. The fourth-order valence-electron chi connectivity index (χ4n) is 2.68. The maximum atomic E-state index is 13.9. The Labute approximate surface area is 182 Å². The molecule has 0 spiro atoms. The lowest BCUT2D eigenvalue weighted by Crippen LogP contribution is -2.22. The molecule has 156 valence electrons. The normalized spacial score (nSPS) is 11.7. The van der Waals surface area contributed by atoms with E-state index in [1.807, 2.05) is 30.3 Å². The predicted octanol–water partition coefficient (Wildman–Crippen LogP) is 5.79. The van der Waals surface area contributed by atoms with Gasteiger partial charge in [0.1, 0.15) is 17.3 Å². The summed E-state index contributed by atoms with van der Waals surface area (Å²) >= 11 is 1.10. The van der Waals surface area contributed by atoms with Crippen molar-refractivity contribution >= 4 is 23.4 Å². The van der Waals surface area contributed by atoms with E-state index >= 15 is 0 Å². The van der Waals surface area contributed by atoms with Crippen molar-refractivity contribution in [3.8, 4) is 23.0 Å². The van der Waals surface area contributed by atoms with Crippen LogP contribution >= 0.6 is 11.8 Å². The topological polar surface area (TPSA) is 77.2 Å². The van der Waals surface area contributed by atoms with Gasteiger partial charge in [0.2, 0.25) is 5.91 Å². The van der Waals surface area contributed by atoms with Gasteiger partial charge in [0.25, 0.3) is 11.1 Å². The van der Waals surface area contributed by atoms with E-state index in [9.17, 15) is 9.18 Å². The van der Waals surface area contributed by atoms with Crippen molar-refractivity contribution in [1.29, 1.82) is 0 Å². The molecule has 0 aliphatic heterocycles. The third kappa shape index (κ3) is 5.29. The Hall–Kier alpha value is -3.65. The number of anilines is 1. The lowest BCUT2D eigenvalue weighted by Gasteiger charge is -2.11. The van der Waals surface area contributed by atoms with Gasteiger partial charge in [-0.2, -0.15) is 0 Å². The zero-order valence-corrected chi connectivity index (χ0v) is 17.3. The van der Waals surface area contributed by atoms with Crippen LogP contribution in [0.1, 0.15) is 6.92 Å². The molecular weight excluding hydrogens is 417 g/mol. The second-order valence-corrected chi connectivity index (χ2v) is 7.83. The summed E-state index contributed by atoms with van der Waals surface area (Å²) in [6.07, 6.45) is 0. The van der Waals surface area contributed by atoms with E-state index in [1.54, 1.807) is 49.4 Å². The highest BCUT2D eigenvalue weighted by Gasteiger charge is 2.20. The number of amides is 1. The number of nitrogens with zero attached hydrogens (tertiary/aromatic N) is 2. The number of ether oxygens (including phenoxy) is 1. The van der Waals surface area contributed by atoms with E-state index in [0.717, 1.165) is 17.5 Å². The number of benzene rings is 3. The summed E-state index contributed by atoms with van der Waals surface area (Å²) in [5.41, 5.74) is 0.854. The first-order chi connectivity index (χ1) is 15.1. The van der Waals surface area contributed by atoms with Gasteiger partial charge in [-0.3, -0.25) is 4.79 Å². The van der Waals surface area contributed by atoms with E-state index in [2.05, 4.69) is 15.5 Å². The van der Waals surface area contributed by atoms with Crippen LogP contribution in [0.25, 0.3) is 11.5 Å². The lowest BCUT2D eigenvalue weighted by atomic mass is 10.2. The molecule has 1 heterocycles. The first-order valence-electron chi connectivity index (χ1n) is 9.47. The van der Waals surface area contributed by atoms with Gasteiger partial charge >= 0.3 is 0 Å². The van der Waals surface area contributed by atoms with Crippen molar-refractivity contribution in [2.75, 3.05) is 5.32 Å². The molecule has 1 atom stereocenters. The molecule has 0 aliphatic rings. The van der Waals surface area contributed by atoms with Crippen molar-refractivity contribution in [3.05, 3.63) is 84.7 Å². The van der Waals surface area contributed by atoms with Gasteiger partial charge in [0, 0.05) is 5.69 Å². The Morgan fingerprint density at radius 3 is 2.39 bits per heavy atom. The van der Waals surface area contributed by atoms with Crippen molar-refractivity contribution in [1.82, 2.24) is 10.2 Å². The predicted molar refractivity (Wildman–Crippen MR) is 117 cm³/mol. The number of hydrogen-bond acceptors (Lipinski definition) is 6. The third-order valence-electron chi connectivity index (χ3n) is 4.26. The smallest absolute Gasteiger partial charge is 0.277 e. The average molecular weight is 435 g/mol. The molecule has 1 N–H and O–H groups in total. The standard InChI is InChI=1S/C23H18FN3O3S/c1-15(31-23-27-26-22(30-23)19-9-5-6-10-20(19)24)21(28)25-16-11-13-18(14-12-16)29-17-7-3-2-4-8-17/h2-15H,1H3,(H,25,28)/t15-/m1/s1. The summed E-state index contributed by atoms with van der Waals surface area (Å²) in [5, 5.41) is 10.3. The third-order valence-corrected chi connectivity index (χ3v) is 5.19. The molecule has 0 saturated heterocycles. The number of aromatic nitrogens is 2. The minimum Gasteiger partial charge on any atom is -0.457 e. The Morgan fingerprint density at radius 2 is 1.65 bits per heavy atom. The summed E-state index contributed by atoms with van der Waals surface area (Å²) in [6, 6.07) is 22.6. The van der Waals surface area contributed by atoms with Gasteiger partial charge < -0.3 is 14.5 Å². The van der Waals surface area contributed by atoms with Crippen LogP contribution < -0.4 is 10.1 Å². The second kappa shape index (κ2) is 9.44. The number of hydrogen-bond donors (Lipinski definition) is 1. The fraction of sp³-hybridized carbons (Fsp3) is 0.0870. The SMILES string of the molecule is C[C@@H](Sc1nnc(-c2ccccc2F)o1)C(=O)Nc1ccc(Oc2ccccc2)cc1. The van der Waals surface area contributed by atoms with Crippen molar-refractivity contribution < 1.29 is 18.3 Å². The zero-order valence-electron chi connectivity index (χ0n) is 16.5. The minimum absolute atomic E-state index is 0.0715. The van der Waals surface area contributed by atoms with Crippen molar-refractivity contribution in [3.63, 3.8) is 0 Å². The molecular formula is C23H18FN3O3S. The van der Waals surface area contributed by atoms with Gasteiger partial charge in [-0.25, -0.2) is 4.39 Å².